The Morgan fingerprint density at radius 3 is 2.88 bits per heavy atom. The van der Waals surface area contributed by atoms with E-state index in [-0.39, 0.29) is 0 Å². The number of nitrogens with one attached hydrogen (secondary N) is 1. The summed E-state index contributed by atoms with van der Waals surface area (Å²) in [7, 11) is 0. The first-order chi connectivity index (χ1) is 7.85. The molecule has 16 heavy (non-hydrogen) atoms. The van der Waals surface area contributed by atoms with Gasteiger partial charge in [-0.1, -0.05) is 6.92 Å². The third-order valence-corrected chi connectivity index (χ3v) is 3.67. The van der Waals surface area contributed by atoms with Crippen LogP contribution in [0.4, 0.5) is 5.82 Å². The highest BCUT2D eigenvalue weighted by molar-refractivity contribution is 7.98. The average molecular weight is 238 g/mol. The van der Waals surface area contributed by atoms with Gasteiger partial charge in [0.1, 0.15) is 11.6 Å². The van der Waals surface area contributed by atoms with E-state index in [0.717, 1.165) is 36.0 Å². The molecule has 0 fully saturated rings. The topological polar surface area (TPSA) is 63.8 Å². The molecule has 0 atom stereocenters. The number of hydrazine groups is 1. The normalized spacial score (nSPS) is 14.6. The van der Waals surface area contributed by atoms with Gasteiger partial charge in [0, 0.05) is 11.3 Å². The van der Waals surface area contributed by atoms with Gasteiger partial charge in [0.15, 0.2) is 0 Å². The van der Waals surface area contributed by atoms with Crippen molar-refractivity contribution in [3.8, 4) is 0 Å². The van der Waals surface area contributed by atoms with Crippen LogP contribution in [0.5, 0.6) is 0 Å². The molecule has 0 radical (unpaired) electrons. The minimum absolute atomic E-state index is 0.830. The van der Waals surface area contributed by atoms with E-state index in [1.165, 1.54) is 24.1 Å². The van der Waals surface area contributed by atoms with Crippen LogP contribution in [0.1, 0.15) is 36.8 Å². The second-order valence-corrected chi connectivity index (χ2v) is 5.18. The molecule has 0 amide bonds. The Balaban J connectivity index is 2.28. The lowest BCUT2D eigenvalue weighted by Crippen LogP contribution is -2.17. The highest BCUT2D eigenvalue weighted by Gasteiger charge is 2.16. The Bertz CT molecular complexity index is 350. The second-order valence-electron chi connectivity index (χ2n) is 3.90. The summed E-state index contributed by atoms with van der Waals surface area (Å²) in [6.07, 6.45) is 4.56. The van der Waals surface area contributed by atoms with E-state index in [1.807, 2.05) is 11.8 Å². The minimum Gasteiger partial charge on any atom is -0.308 e. The second kappa shape index (κ2) is 5.50. The molecule has 0 spiro atoms. The van der Waals surface area contributed by atoms with E-state index in [0.29, 0.717) is 0 Å². The molecule has 3 N–H and O–H groups in total. The summed E-state index contributed by atoms with van der Waals surface area (Å²) >= 11 is 1.84. The highest BCUT2D eigenvalue weighted by atomic mass is 32.2. The smallest absolute Gasteiger partial charge is 0.147 e. The standard InChI is InChI=1S/C11H18N4S/c1-2-16-7-10-13-9-6-4-3-5-8(9)11(14-10)15-12/h2-7,12H2,1H3,(H,13,14,15). The van der Waals surface area contributed by atoms with Gasteiger partial charge in [-0.05, 0) is 31.4 Å². The van der Waals surface area contributed by atoms with Gasteiger partial charge in [-0.3, -0.25) is 0 Å². The summed E-state index contributed by atoms with van der Waals surface area (Å²) in [4.78, 5) is 9.11. The minimum atomic E-state index is 0.830. The third kappa shape index (κ3) is 2.47. The fraction of sp³-hybridized carbons (Fsp3) is 0.636. The van der Waals surface area contributed by atoms with Crippen molar-refractivity contribution in [1.82, 2.24) is 9.97 Å². The number of hydrogen-bond donors (Lipinski definition) is 2. The number of aromatic nitrogens is 2. The summed E-state index contributed by atoms with van der Waals surface area (Å²) in [5.74, 6) is 9.22. The first-order valence-electron chi connectivity index (χ1n) is 5.78. The average Bonchev–Trinajstić information content (AvgIpc) is 2.35. The molecule has 0 saturated carbocycles. The molecule has 5 heteroatoms. The zero-order valence-electron chi connectivity index (χ0n) is 9.62. The van der Waals surface area contributed by atoms with Crippen molar-refractivity contribution < 1.29 is 0 Å². The number of aryl methyl sites for hydroxylation is 1. The van der Waals surface area contributed by atoms with Crippen LogP contribution in [0.25, 0.3) is 0 Å². The van der Waals surface area contributed by atoms with Crippen LogP contribution in [0, 0.1) is 0 Å². The number of hydrogen-bond acceptors (Lipinski definition) is 5. The van der Waals surface area contributed by atoms with Gasteiger partial charge < -0.3 is 5.43 Å². The van der Waals surface area contributed by atoms with Crippen LogP contribution >= 0.6 is 11.8 Å². The third-order valence-electron chi connectivity index (χ3n) is 2.80. The van der Waals surface area contributed by atoms with Gasteiger partial charge in [-0.25, -0.2) is 15.8 Å². The van der Waals surface area contributed by atoms with E-state index in [1.54, 1.807) is 0 Å². The zero-order chi connectivity index (χ0) is 11.4. The van der Waals surface area contributed by atoms with Crippen LogP contribution in [0.3, 0.4) is 0 Å². The molecule has 88 valence electrons. The quantitative estimate of drug-likeness (QED) is 0.619. The van der Waals surface area contributed by atoms with Crippen molar-refractivity contribution in [2.75, 3.05) is 11.2 Å². The van der Waals surface area contributed by atoms with Crippen molar-refractivity contribution in [3.05, 3.63) is 17.1 Å². The van der Waals surface area contributed by atoms with Crippen LogP contribution in [-0.2, 0) is 18.6 Å². The maximum absolute atomic E-state index is 5.52. The lowest BCUT2D eigenvalue weighted by atomic mass is 9.96. The van der Waals surface area contributed by atoms with Crippen molar-refractivity contribution >= 4 is 17.6 Å². The number of nitrogens with two attached hydrogens (primary N) is 1. The molecule has 2 rings (SSSR count). The van der Waals surface area contributed by atoms with Gasteiger partial charge >= 0.3 is 0 Å². The molecule has 1 aliphatic rings. The lowest BCUT2D eigenvalue weighted by Gasteiger charge is -2.18. The first-order valence-corrected chi connectivity index (χ1v) is 6.93. The van der Waals surface area contributed by atoms with Gasteiger partial charge in [-0.2, -0.15) is 11.8 Å². The Morgan fingerprint density at radius 2 is 2.12 bits per heavy atom. The van der Waals surface area contributed by atoms with Gasteiger partial charge in [-0.15, -0.1) is 0 Å². The van der Waals surface area contributed by atoms with E-state index in [9.17, 15) is 0 Å². The fourth-order valence-corrected chi connectivity index (χ4v) is 2.54. The first kappa shape index (κ1) is 11.7. The maximum Gasteiger partial charge on any atom is 0.147 e. The zero-order valence-corrected chi connectivity index (χ0v) is 10.4. The molecule has 1 heterocycles. The molecular weight excluding hydrogens is 220 g/mol. The van der Waals surface area contributed by atoms with E-state index < -0.39 is 0 Å². The number of nitrogen functional groups attached to an aromatic ring is 1. The number of thioether (sulfide) groups is 1. The summed E-state index contributed by atoms with van der Waals surface area (Å²) in [5, 5.41) is 0. The van der Waals surface area contributed by atoms with Crippen molar-refractivity contribution in [3.63, 3.8) is 0 Å². The summed E-state index contributed by atoms with van der Waals surface area (Å²) < 4.78 is 0. The van der Waals surface area contributed by atoms with E-state index in [4.69, 9.17) is 5.84 Å². The van der Waals surface area contributed by atoms with Crippen LogP contribution < -0.4 is 11.3 Å². The largest absolute Gasteiger partial charge is 0.308 e. The van der Waals surface area contributed by atoms with Gasteiger partial charge in [0.2, 0.25) is 0 Å². The summed E-state index contributed by atoms with van der Waals surface area (Å²) in [6.45, 7) is 2.14. The van der Waals surface area contributed by atoms with Crippen LogP contribution in [0.2, 0.25) is 0 Å². The number of fused-ring (bicyclic) bond motifs is 1. The Labute approximate surface area is 100 Å². The molecular formula is C11H18N4S. The summed E-state index contributed by atoms with van der Waals surface area (Å²) in [5.41, 5.74) is 5.13. The molecule has 0 bridgehead atoms. The van der Waals surface area contributed by atoms with Crippen LogP contribution in [-0.4, -0.2) is 15.7 Å². The maximum atomic E-state index is 5.52. The van der Waals surface area contributed by atoms with Gasteiger partial charge in [0.05, 0.1) is 5.75 Å². The molecule has 4 nitrogen and oxygen atoms in total. The molecule has 0 unspecified atom stereocenters. The Kier molecular flexibility index (Phi) is 4.01. The van der Waals surface area contributed by atoms with E-state index in [2.05, 4.69) is 22.3 Å². The van der Waals surface area contributed by atoms with Gasteiger partial charge in [0.25, 0.3) is 0 Å². The molecule has 0 saturated heterocycles. The predicted octanol–water partition coefficient (Wildman–Crippen LogP) is 1.89. The fourth-order valence-electron chi connectivity index (χ4n) is 2.02. The van der Waals surface area contributed by atoms with E-state index >= 15 is 0 Å². The Morgan fingerprint density at radius 1 is 1.31 bits per heavy atom. The summed E-state index contributed by atoms with van der Waals surface area (Å²) in [6, 6.07) is 0. The molecule has 1 aliphatic carbocycles. The SMILES string of the molecule is CCSCc1nc2c(c(NN)n1)CCCC2. The molecule has 0 aliphatic heterocycles. The number of nitrogens with zero attached hydrogens (tertiary/aromatic N) is 2. The Hall–Kier alpha value is -0.810. The monoisotopic (exact) mass is 238 g/mol. The lowest BCUT2D eigenvalue weighted by molar-refractivity contribution is 0.659. The van der Waals surface area contributed by atoms with Crippen molar-refractivity contribution in [2.45, 2.75) is 38.4 Å². The van der Waals surface area contributed by atoms with Crippen molar-refractivity contribution in [1.29, 1.82) is 0 Å². The molecule has 1 aromatic heterocycles. The number of anilines is 1. The molecule has 1 aromatic rings. The highest BCUT2D eigenvalue weighted by Crippen LogP contribution is 2.25. The predicted molar refractivity (Wildman–Crippen MR) is 68.3 cm³/mol. The number of rotatable bonds is 4. The van der Waals surface area contributed by atoms with Crippen LogP contribution in [0.15, 0.2) is 0 Å². The molecule has 0 aromatic carbocycles. The van der Waals surface area contributed by atoms with Crippen molar-refractivity contribution in [2.24, 2.45) is 5.84 Å².